The topological polar surface area (TPSA) is 322 Å². The molecule has 6 rings (SSSR count). The fourth-order valence-corrected chi connectivity index (χ4v) is 8.16. The van der Waals surface area contributed by atoms with Gasteiger partial charge in [0.1, 0.15) is 49.1 Å². The van der Waals surface area contributed by atoms with Crippen molar-refractivity contribution in [1.82, 2.24) is 29.5 Å². The third kappa shape index (κ3) is 6.16. The SMILES string of the molecule is CO[P+]1(S)OCC2OC(N(N)c3ncnc(N)c3N)C(O)C2OP(O)(=S)OCC2OC(n3cnc4c(=O)[nH]c(N)nc43)C(O1)C2O. The quantitative estimate of drug-likeness (QED) is 0.0589. The molecule has 0 aromatic carbocycles. The molecule has 26 heteroatoms. The van der Waals surface area contributed by atoms with Crippen LogP contribution in [0, 0.1) is 0 Å². The number of nitrogen functional groups attached to an aromatic ring is 3. The Bertz CT molecular complexity index is 1730. The van der Waals surface area contributed by atoms with E-state index in [9.17, 15) is 19.9 Å². The van der Waals surface area contributed by atoms with E-state index in [0.717, 1.165) is 11.3 Å². The van der Waals surface area contributed by atoms with Crippen LogP contribution >= 0.6 is 26.1 Å². The molecule has 10 unspecified atom stereocenters. The number of nitrogens with two attached hydrogens (primary N) is 4. The number of anilines is 4. The van der Waals surface area contributed by atoms with Gasteiger partial charge in [-0.2, -0.15) is 18.6 Å². The second-order valence-corrected chi connectivity index (χ2v) is 16.2. The number of hydrogen-bond donors (Lipinski definition) is 9. The largest absolute Gasteiger partial charge is 0.478 e. The number of fused-ring (bicyclic) bond motifs is 4. The molecule has 10 atom stereocenters. The number of hydrogen-bond acceptors (Lipinski definition) is 21. The number of aromatic amines is 1. The van der Waals surface area contributed by atoms with Crippen LogP contribution in [-0.2, 0) is 43.9 Å². The van der Waals surface area contributed by atoms with Gasteiger partial charge in [0.25, 0.3) is 5.56 Å². The molecule has 46 heavy (non-hydrogen) atoms. The van der Waals surface area contributed by atoms with Gasteiger partial charge in [-0.05, 0) is 11.8 Å². The maximum absolute atomic E-state index is 12.4. The molecule has 0 aliphatic carbocycles. The number of H-pyrrole nitrogens is 1. The summed E-state index contributed by atoms with van der Waals surface area (Å²) in [4.78, 5) is 41.8. The van der Waals surface area contributed by atoms with E-state index in [0.29, 0.717) is 0 Å². The first kappa shape index (κ1) is 33.5. The zero-order chi connectivity index (χ0) is 33.1. The molecule has 3 aromatic heterocycles. The average molecular weight is 727 g/mol. The number of nitrogens with one attached hydrogen (secondary N) is 1. The lowest BCUT2D eigenvalue weighted by molar-refractivity contribution is -0.0575. The molecule has 0 radical (unpaired) electrons. The molecular weight excluding hydrogens is 696 g/mol. The van der Waals surface area contributed by atoms with Gasteiger partial charge in [0.05, 0.1) is 32.3 Å². The summed E-state index contributed by atoms with van der Waals surface area (Å²) in [6.45, 7) is -5.15. The van der Waals surface area contributed by atoms with Crippen LogP contribution in [0.3, 0.4) is 0 Å². The molecule has 6 heterocycles. The summed E-state index contributed by atoms with van der Waals surface area (Å²) in [5.74, 6) is 5.89. The normalized spacial score (nSPS) is 36.9. The zero-order valence-electron chi connectivity index (χ0n) is 23.5. The first-order chi connectivity index (χ1) is 21.7. The zero-order valence-corrected chi connectivity index (χ0v) is 27.0. The van der Waals surface area contributed by atoms with Crippen molar-refractivity contribution in [3.8, 4) is 0 Å². The number of rotatable bonds is 4. The number of nitrogens with zero attached hydrogens (tertiary/aromatic N) is 6. The van der Waals surface area contributed by atoms with Crippen LogP contribution in [-0.4, -0.2) is 108 Å². The summed E-state index contributed by atoms with van der Waals surface area (Å²) in [7, 11) is -2.41. The number of hydrazine groups is 1. The number of aliphatic hydroxyl groups is 2. The van der Waals surface area contributed by atoms with Crippen molar-refractivity contribution in [3.05, 3.63) is 23.0 Å². The van der Waals surface area contributed by atoms with Crippen molar-refractivity contribution in [2.45, 2.75) is 49.1 Å². The van der Waals surface area contributed by atoms with E-state index >= 15 is 0 Å². The molecule has 22 nitrogen and oxygen atoms in total. The van der Waals surface area contributed by atoms with Crippen LogP contribution in [0.2, 0.25) is 0 Å². The fraction of sp³-hybridized carbons (Fsp3) is 0.550. The minimum absolute atomic E-state index is 0.0198. The van der Waals surface area contributed by atoms with Gasteiger partial charge >= 0.3 is 13.9 Å². The van der Waals surface area contributed by atoms with E-state index < -0.39 is 81.7 Å². The smallest absolute Gasteiger partial charge is 0.393 e. The van der Waals surface area contributed by atoms with Gasteiger partial charge in [-0.1, -0.05) is 0 Å². The van der Waals surface area contributed by atoms with Gasteiger partial charge in [0, 0.05) is 0 Å². The Kier molecular flexibility index (Phi) is 9.16. The van der Waals surface area contributed by atoms with Gasteiger partial charge in [-0.25, -0.2) is 20.8 Å². The Morgan fingerprint density at radius 1 is 1.17 bits per heavy atom. The van der Waals surface area contributed by atoms with Crippen LogP contribution in [0.15, 0.2) is 17.4 Å². The van der Waals surface area contributed by atoms with Gasteiger partial charge in [-0.3, -0.25) is 23.9 Å². The summed E-state index contributed by atoms with van der Waals surface area (Å²) in [6, 6.07) is 0. The highest BCUT2D eigenvalue weighted by molar-refractivity contribution is 8.47. The van der Waals surface area contributed by atoms with E-state index in [1.54, 1.807) is 0 Å². The molecule has 0 spiro atoms. The number of thiol groups is 1. The standard InChI is InChI=1S/C20H29N11O11P2S2/c1-36-44(46)38-3-7-12(11(33)18(40-7)31(24)15-8(21)14(22)25-4-26-15)41-43(35,45)37-2-6-10(32)13(42-44)19(39-6)30-5-27-9-16(30)28-20(23)29-17(9)34/h4-7,10-13,18-19,32-33,46H,2-3,21,24H2,1H3,(H5-,22,23,25,26,28,29,34,35,45)/p+1. The third-order valence-corrected chi connectivity index (χ3v) is 11.4. The van der Waals surface area contributed by atoms with Crippen LogP contribution < -0.4 is 33.6 Å². The predicted molar refractivity (Wildman–Crippen MR) is 166 cm³/mol. The van der Waals surface area contributed by atoms with Crippen molar-refractivity contribution < 1.29 is 47.2 Å². The maximum Gasteiger partial charge on any atom is 0.478 e. The molecule has 3 aromatic rings. The summed E-state index contributed by atoms with van der Waals surface area (Å²) >= 11 is 9.74. The Morgan fingerprint density at radius 2 is 1.93 bits per heavy atom. The lowest BCUT2D eigenvalue weighted by Crippen LogP contribution is -2.49. The van der Waals surface area contributed by atoms with E-state index in [2.05, 4.69) is 37.2 Å². The first-order valence-electron chi connectivity index (χ1n) is 13.2. The minimum atomic E-state index is -4.19. The van der Waals surface area contributed by atoms with Crippen LogP contribution in [0.1, 0.15) is 6.23 Å². The van der Waals surface area contributed by atoms with Gasteiger partial charge in [0.15, 0.2) is 41.4 Å². The molecule has 0 amide bonds. The maximum atomic E-state index is 12.4. The Balaban J connectivity index is 1.32. The second-order valence-electron chi connectivity index (χ2n) is 10.1. The van der Waals surface area contributed by atoms with Crippen LogP contribution in [0.4, 0.5) is 23.3 Å². The van der Waals surface area contributed by atoms with Crippen molar-refractivity contribution in [3.63, 3.8) is 0 Å². The lowest BCUT2D eigenvalue weighted by atomic mass is 10.1. The summed E-state index contributed by atoms with van der Waals surface area (Å²) in [5.41, 5.74) is 16.8. The first-order valence-corrected chi connectivity index (χ1v) is 18.5. The Morgan fingerprint density at radius 3 is 2.67 bits per heavy atom. The minimum Gasteiger partial charge on any atom is -0.393 e. The third-order valence-electron chi connectivity index (χ3n) is 7.30. The van der Waals surface area contributed by atoms with Crippen molar-refractivity contribution >= 4 is 72.4 Å². The van der Waals surface area contributed by atoms with Crippen LogP contribution in [0.25, 0.3) is 11.2 Å². The van der Waals surface area contributed by atoms with Crippen molar-refractivity contribution in [1.29, 1.82) is 0 Å². The molecule has 2 bridgehead atoms. The van der Waals surface area contributed by atoms with Gasteiger partial charge < -0.3 is 46.3 Å². The molecule has 252 valence electrons. The van der Waals surface area contributed by atoms with Crippen molar-refractivity contribution in [2.75, 3.05) is 42.5 Å². The molecular formula is C20H30N11O11P2S2+. The van der Waals surface area contributed by atoms with E-state index in [-0.39, 0.29) is 34.4 Å². The highest BCUT2D eigenvalue weighted by Gasteiger charge is 2.58. The van der Waals surface area contributed by atoms with Gasteiger partial charge in [0.2, 0.25) is 5.95 Å². The monoisotopic (exact) mass is 726 g/mol. The van der Waals surface area contributed by atoms with E-state index in [4.69, 9.17) is 66.9 Å². The molecule has 12 N–H and O–H groups in total. The molecule has 3 fully saturated rings. The number of imidazole rings is 1. The highest BCUT2D eigenvalue weighted by Crippen LogP contribution is 2.68. The number of aliphatic hydroxyl groups excluding tert-OH is 2. The summed E-state index contributed by atoms with van der Waals surface area (Å²) < 4.78 is 42.2. The van der Waals surface area contributed by atoms with E-state index in [1.807, 2.05) is 0 Å². The molecule has 0 saturated carbocycles. The Hall–Kier alpha value is -2.38. The average Bonchev–Trinajstić information content (AvgIpc) is 3.65. The molecule has 3 saturated heterocycles. The summed E-state index contributed by atoms with van der Waals surface area (Å²) in [5, 5.41) is 23.5. The molecule has 3 aliphatic heterocycles. The second kappa shape index (κ2) is 12.6. The Labute approximate surface area is 269 Å². The summed E-state index contributed by atoms with van der Waals surface area (Å²) in [6.07, 6.45) is -8.39. The lowest BCUT2D eigenvalue weighted by Gasteiger charge is -2.28. The van der Waals surface area contributed by atoms with Gasteiger partial charge in [-0.15, -0.1) is 0 Å². The highest BCUT2D eigenvalue weighted by atomic mass is 32.7. The molecule has 3 aliphatic rings. The van der Waals surface area contributed by atoms with Crippen LogP contribution in [0.5, 0.6) is 0 Å². The number of aromatic nitrogens is 6. The van der Waals surface area contributed by atoms with Crippen molar-refractivity contribution in [2.24, 2.45) is 5.84 Å². The predicted octanol–water partition coefficient (Wildman–Crippen LogP) is -2.33. The number of ether oxygens (including phenoxy) is 2. The van der Waals surface area contributed by atoms with E-state index in [1.165, 1.54) is 18.0 Å². The fourth-order valence-electron chi connectivity index (χ4n) is 5.06.